The minimum Gasteiger partial charge on any atom is -0.481 e. The Hall–Kier alpha value is -5.64. The Morgan fingerprint density at radius 2 is 0.820 bits per heavy atom. The maximum atomic E-state index is 14.0. The molecule has 0 radical (unpaired) electrons. The van der Waals surface area contributed by atoms with E-state index in [2.05, 4.69) is 10.6 Å². The first-order valence-corrected chi connectivity index (χ1v) is 17.0. The van der Waals surface area contributed by atoms with Gasteiger partial charge in [-0.15, -0.1) is 0 Å². The number of nitrogens with one attached hydrogen (secondary N) is 2. The van der Waals surface area contributed by atoms with E-state index in [9.17, 15) is 29.4 Å². The summed E-state index contributed by atoms with van der Waals surface area (Å²) in [6, 6.07) is 34.5. The molecule has 4 aromatic carbocycles. The summed E-state index contributed by atoms with van der Waals surface area (Å²) < 4.78 is 0. The van der Waals surface area contributed by atoms with Crippen LogP contribution in [0.4, 0.5) is 22.7 Å². The molecule has 10 heteroatoms. The van der Waals surface area contributed by atoms with Crippen molar-refractivity contribution < 1.29 is 29.4 Å². The molecule has 4 N–H and O–H groups in total. The SMILES string of the molecule is CCCN(Cc1ccc(Nc2ccccc2)cc1)C(=O)[C@H]1[C@H](C(=O)O)[C@H](C(=O)N(CCC)Cc2ccc(Nc3ccccc3)cc2)[C@@H]1C(=O)O. The molecule has 0 spiro atoms. The predicted molar refractivity (Wildman–Crippen MR) is 193 cm³/mol. The van der Waals surface area contributed by atoms with E-state index < -0.39 is 47.4 Å². The fourth-order valence-electron chi connectivity index (χ4n) is 6.68. The minimum absolute atomic E-state index is 0.184. The molecule has 5 rings (SSSR count). The topological polar surface area (TPSA) is 139 Å². The number of carboxylic acid groups (broad SMARTS) is 2. The van der Waals surface area contributed by atoms with E-state index in [1.165, 1.54) is 9.80 Å². The zero-order valence-corrected chi connectivity index (χ0v) is 28.4. The Kier molecular flexibility index (Phi) is 11.9. The first-order valence-electron chi connectivity index (χ1n) is 17.0. The Balaban J connectivity index is 1.31. The van der Waals surface area contributed by atoms with Gasteiger partial charge < -0.3 is 30.6 Å². The number of anilines is 4. The van der Waals surface area contributed by atoms with Gasteiger partial charge in [0.25, 0.3) is 0 Å². The molecule has 0 aromatic heterocycles. The summed E-state index contributed by atoms with van der Waals surface area (Å²) in [5.41, 5.74) is 5.22. The van der Waals surface area contributed by atoms with Crippen LogP contribution in [0.1, 0.15) is 37.8 Å². The zero-order chi connectivity index (χ0) is 35.6. The molecule has 1 aliphatic rings. The molecule has 0 heterocycles. The molecular weight excluding hydrogens is 632 g/mol. The molecule has 0 atom stereocenters. The van der Waals surface area contributed by atoms with Crippen LogP contribution < -0.4 is 10.6 Å². The lowest BCUT2D eigenvalue weighted by molar-refractivity contribution is -0.187. The van der Waals surface area contributed by atoms with Gasteiger partial charge in [-0.3, -0.25) is 19.2 Å². The minimum atomic E-state index is -1.45. The fraction of sp³-hybridized carbons (Fsp3) is 0.300. The average Bonchev–Trinajstić information content (AvgIpc) is 3.09. The normalized spacial score (nSPS) is 18.0. The number of hydrogen-bond acceptors (Lipinski definition) is 6. The van der Waals surface area contributed by atoms with Crippen LogP contribution in [0.5, 0.6) is 0 Å². The monoisotopic (exact) mass is 676 g/mol. The van der Waals surface area contributed by atoms with Gasteiger partial charge in [0.05, 0.1) is 23.7 Å². The molecular formula is C40H44N4O6. The van der Waals surface area contributed by atoms with Gasteiger partial charge >= 0.3 is 11.9 Å². The van der Waals surface area contributed by atoms with Crippen molar-refractivity contribution >= 4 is 46.5 Å². The molecule has 260 valence electrons. The van der Waals surface area contributed by atoms with E-state index in [4.69, 9.17) is 0 Å². The van der Waals surface area contributed by atoms with Gasteiger partial charge in [-0.1, -0.05) is 74.5 Å². The first kappa shape index (κ1) is 35.7. The number of carbonyl (C=O) groups is 4. The number of aliphatic carboxylic acids is 2. The van der Waals surface area contributed by atoms with Gasteiger partial charge in [-0.05, 0) is 72.5 Å². The van der Waals surface area contributed by atoms with Gasteiger partial charge in [0.2, 0.25) is 11.8 Å². The summed E-state index contributed by atoms with van der Waals surface area (Å²) in [4.78, 5) is 56.5. The molecule has 1 saturated carbocycles. The molecule has 0 bridgehead atoms. The van der Waals surface area contributed by atoms with Gasteiger partial charge in [-0.2, -0.15) is 0 Å². The number of rotatable bonds is 16. The van der Waals surface area contributed by atoms with Crippen LogP contribution >= 0.6 is 0 Å². The Morgan fingerprint density at radius 3 is 1.12 bits per heavy atom. The van der Waals surface area contributed by atoms with Crippen molar-refractivity contribution in [2.24, 2.45) is 23.7 Å². The van der Waals surface area contributed by atoms with Crippen LogP contribution in [0.15, 0.2) is 109 Å². The highest BCUT2D eigenvalue weighted by atomic mass is 16.4. The molecule has 1 fully saturated rings. The summed E-state index contributed by atoms with van der Waals surface area (Å²) in [6.45, 7) is 4.79. The molecule has 50 heavy (non-hydrogen) atoms. The van der Waals surface area contributed by atoms with Crippen molar-refractivity contribution in [3.63, 3.8) is 0 Å². The second kappa shape index (κ2) is 16.6. The van der Waals surface area contributed by atoms with Gasteiger partial charge in [0.15, 0.2) is 0 Å². The van der Waals surface area contributed by atoms with Crippen molar-refractivity contribution in [1.82, 2.24) is 9.80 Å². The largest absolute Gasteiger partial charge is 0.481 e. The fourth-order valence-corrected chi connectivity index (χ4v) is 6.68. The van der Waals surface area contributed by atoms with Crippen molar-refractivity contribution in [3.8, 4) is 0 Å². The molecule has 10 nitrogen and oxygen atoms in total. The summed E-state index contributed by atoms with van der Waals surface area (Å²) in [5.74, 6) is -9.46. The number of nitrogens with zero attached hydrogens (tertiary/aromatic N) is 2. The first-order chi connectivity index (χ1) is 24.2. The highest BCUT2D eigenvalue weighted by molar-refractivity contribution is 5.99. The maximum absolute atomic E-state index is 14.0. The van der Waals surface area contributed by atoms with Crippen LogP contribution in [0.2, 0.25) is 0 Å². The van der Waals surface area contributed by atoms with Gasteiger partial charge in [0.1, 0.15) is 0 Å². The van der Waals surface area contributed by atoms with Crippen molar-refractivity contribution in [2.75, 3.05) is 23.7 Å². The lowest BCUT2D eigenvalue weighted by atomic mass is 9.55. The molecule has 0 saturated heterocycles. The van der Waals surface area contributed by atoms with Crippen LogP contribution in [0, 0.1) is 23.7 Å². The van der Waals surface area contributed by atoms with Gasteiger partial charge in [0, 0.05) is 48.9 Å². The van der Waals surface area contributed by atoms with E-state index in [1.54, 1.807) is 0 Å². The quantitative estimate of drug-likeness (QED) is 0.0996. The summed E-state index contributed by atoms with van der Waals surface area (Å²) in [6.07, 6.45) is 1.18. The Bertz CT molecular complexity index is 1610. The molecule has 4 aromatic rings. The summed E-state index contributed by atoms with van der Waals surface area (Å²) in [5, 5.41) is 27.3. The maximum Gasteiger partial charge on any atom is 0.308 e. The van der Waals surface area contributed by atoms with Crippen molar-refractivity contribution in [3.05, 3.63) is 120 Å². The van der Waals surface area contributed by atoms with E-state index >= 15 is 0 Å². The second-order valence-electron chi connectivity index (χ2n) is 12.7. The highest BCUT2D eigenvalue weighted by Gasteiger charge is 2.64. The number of para-hydroxylation sites is 2. The number of amides is 2. The third-order valence-electron chi connectivity index (χ3n) is 9.08. The van der Waals surface area contributed by atoms with E-state index in [-0.39, 0.29) is 13.1 Å². The zero-order valence-electron chi connectivity index (χ0n) is 28.4. The molecule has 0 aliphatic heterocycles. The second-order valence-corrected chi connectivity index (χ2v) is 12.7. The third-order valence-corrected chi connectivity index (χ3v) is 9.08. The highest BCUT2D eigenvalue weighted by Crippen LogP contribution is 2.49. The Morgan fingerprint density at radius 1 is 0.500 bits per heavy atom. The predicted octanol–water partition coefficient (Wildman–Crippen LogP) is 7.00. The molecule has 1 aliphatic carbocycles. The smallest absolute Gasteiger partial charge is 0.308 e. The lowest BCUT2D eigenvalue weighted by Gasteiger charge is -2.48. The Labute approximate surface area is 292 Å². The van der Waals surface area contributed by atoms with E-state index in [0.717, 1.165) is 33.9 Å². The summed E-state index contributed by atoms with van der Waals surface area (Å²) in [7, 11) is 0. The molecule has 2 amide bonds. The third kappa shape index (κ3) is 8.49. The van der Waals surface area contributed by atoms with Crippen LogP contribution in [0.25, 0.3) is 0 Å². The number of hydrogen-bond donors (Lipinski definition) is 4. The van der Waals surface area contributed by atoms with Crippen LogP contribution in [0.3, 0.4) is 0 Å². The molecule has 0 unspecified atom stereocenters. The number of carboxylic acids is 2. The van der Waals surface area contributed by atoms with Crippen LogP contribution in [-0.2, 0) is 32.3 Å². The van der Waals surface area contributed by atoms with E-state index in [1.807, 2.05) is 123 Å². The number of benzene rings is 4. The summed E-state index contributed by atoms with van der Waals surface area (Å²) >= 11 is 0. The lowest BCUT2D eigenvalue weighted by Crippen LogP contribution is -2.64. The number of carbonyl (C=O) groups excluding carboxylic acids is 2. The van der Waals surface area contributed by atoms with Crippen molar-refractivity contribution in [1.29, 1.82) is 0 Å². The average molecular weight is 677 g/mol. The van der Waals surface area contributed by atoms with Gasteiger partial charge in [-0.25, -0.2) is 0 Å². The van der Waals surface area contributed by atoms with E-state index in [0.29, 0.717) is 25.9 Å². The standard InChI is InChI=1S/C40H44N4O6/c1-3-23-43(25-27-15-19-31(20-16-27)41-29-11-7-5-8-12-29)37(45)33-35(39(47)48)34(36(33)40(49)50)38(46)44(24-4-2)26-28-17-21-32(22-18-28)42-30-13-9-6-10-14-30/h5-22,33-36,41-42H,3-4,23-26H2,1-2H3,(H,47,48)(H,49,50)/t33-,34-,35-,36+. The van der Waals surface area contributed by atoms with Crippen molar-refractivity contribution in [2.45, 2.75) is 39.8 Å². The van der Waals surface area contributed by atoms with Crippen LogP contribution in [-0.4, -0.2) is 56.9 Å².